The number of rotatable bonds is 6. The van der Waals surface area contributed by atoms with Crippen LogP contribution in [0.3, 0.4) is 0 Å². The molecule has 0 aliphatic carbocycles. The molecule has 1 aliphatic heterocycles. The van der Waals surface area contributed by atoms with Crippen molar-refractivity contribution in [1.82, 2.24) is 4.90 Å². The molecule has 0 spiro atoms. The summed E-state index contributed by atoms with van der Waals surface area (Å²) < 4.78 is 5.08. The van der Waals surface area contributed by atoms with Crippen molar-refractivity contribution in [1.29, 1.82) is 0 Å². The summed E-state index contributed by atoms with van der Waals surface area (Å²) in [6.45, 7) is 6.43. The van der Waals surface area contributed by atoms with Gasteiger partial charge in [-0.2, -0.15) is 0 Å². The first-order valence-corrected chi connectivity index (χ1v) is 7.87. The molecule has 0 fully saturated rings. The molecule has 3 nitrogen and oxygen atoms in total. The van der Waals surface area contributed by atoms with Crippen LogP contribution >= 0.6 is 0 Å². The Morgan fingerprint density at radius 3 is 2.71 bits per heavy atom. The largest absolute Gasteiger partial charge is 0.466 e. The number of esters is 1. The highest BCUT2D eigenvalue weighted by atomic mass is 16.5. The van der Waals surface area contributed by atoms with Crippen molar-refractivity contribution in [2.45, 2.75) is 39.7 Å². The molecule has 1 aromatic rings. The molecule has 0 amide bonds. The van der Waals surface area contributed by atoms with E-state index in [2.05, 4.69) is 42.3 Å². The monoisotopic (exact) mass is 287 g/mol. The summed E-state index contributed by atoms with van der Waals surface area (Å²) in [5.74, 6) is 0.277. The molecule has 3 heteroatoms. The first-order valence-electron chi connectivity index (χ1n) is 7.87. The SMILES string of the molecule is CCOC(=O)CC1CCN(Cc2ccccc2)C=C1CC. The van der Waals surface area contributed by atoms with Gasteiger partial charge in [0.05, 0.1) is 13.0 Å². The molecule has 1 heterocycles. The van der Waals surface area contributed by atoms with Crippen molar-refractivity contribution >= 4 is 5.97 Å². The van der Waals surface area contributed by atoms with Crippen LogP contribution in [-0.4, -0.2) is 24.0 Å². The van der Waals surface area contributed by atoms with E-state index in [1.54, 1.807) is 0 Å². The summed E-state index contributed by atoms with van der Waals surface area (Å²) in [5, 5.41) is 0. The van der Waals surface area contributed by atoms with Gasteiger partial charge in [0, 0.05) is 13.1 Å². The van der Waals surface area contributed by atoms with E-state index in [9.17, 15) is 4.79 Å². The number of hydrogen-bond donors (Lipinski definition) is 0. The Bertz CT molecular complexity index is 481. The molecule has 0 bridgehead atoms. The second-order valence-corrected chi connectivity index (χ2v) is 5.51. The summed E-state index contributed by atoms with van der Waals surface area (Å²) in [6, 6.07) is 10.5. The van der Waals surface area contributed by atoms with Crippen LogP contribution in [0.25, 0.3) is 0 Å². The fourth-order valence-corrected chi connectivity index (χ4v) is 2.89. The topological polar surface area (TPSA) is 29.5 Å². The standard InChI is InChI=1S/C18H25NO2/c1-3-16-14-19(13-15-8-6-5-7-9-15)11-10-17(16)12-18(20)21-4-2/h5-9,14,17H,3-4,10-13H2,1-2H3. The third-order valence-electron chi connectivity index (χ3n) is 3.99. The van der Waals surface area contributed by atoms with Gasteiger partial charge in [-0.25, -0.2) is 0 Å². The van der Waals surface area contributed by atoms with Crippen molar-refractivity contribution in [3.8, 4) is 0 Å². The molecule has 0 radical (unpaired) electrons. The molecular formula is C18H25NO2. The average molecular weight is 287 g/mol. The van der Waals surface area contributed by atoms with Gasteiger partial charge < -0.3 is 9.64 Å². The Morgan fingerprint density at radius 2 is 2.05 bits per heavy atom. The zero-order valence-electron chi connectivity index (χ0n) is 13.0. The fourth-order valence-electron chi connectivity index (χ4n) is 2.89. The Kier molecular flexibility index (Phi) is 5.85. The van der Waals surface area contributed by atoms with Gasteiger partial charge >= 0.3 is 5.97 Å². The lowest BCUT2D eigenvalue weighted by Gasteiger charge is -2.32. The first-order chi connectivity index (χ1) is 10.2. The van der Waals surface area contributed by atoms with E-state index < -0.39 is 0 Å². The van der Waals surface area contributed by atoms with Crippen LogP contribution in [0.5, 0.6) is 0 Å². The summed E-state index contributed by atoms with van der Waals surface area (Å²) in [6.07, 6.45) is 4.80. The van der Waals surface area contributed by atoms with Crippen LogP contribution in [0.2, 0.25) is 0 Å². The molecule has 21 heavy (non-hydrogen) atoms. The predicted octanol–water partition coefficient (Wildman–Crippen LogP) is 3.76. The van der Waals surface area contributed by atoms with Crippen molar-refractivity contribution in [3.63, 3.8) is 0 Å². The van der Waals surface area contributed by atoms with E-state index in [4.69, 9.17) is 4.74 Å². The van der Waals surface area contributed by atoms with E-state index in [0.717, 1.165) is 25.9 Å². The van der Waals surface area contributed by atoms with Gasteiger partial charge in [-0.3, -0.25) is 4.79 Å². The molecule has 114 valence electrons. The summed E-state index contributed by atoms with van der Waals surface area (Å²) >= 11 is 0. The maximum absolute atomic E-state index is 11.7. The number of nitrogens with zero attached hydrogens (tertiary/aromatic N) is 1. The van der Waals surface area contributed by atoms with Crippen molar-refractivity contribution in [3.05, 3.63) is 47.7 Å². The molecule has 0 N–H and O–H groups in total. The smallest absolute Gasteiger partial charge is 0.306 e. The fraction of sp³-hybridized carbons (Fsp3) is 0.500. The molecule has 2 rings (SSSR count). The van der Waals surface area contributed by atoms with Gasteiger partial charge in [0.1, 0.15) is 0 Å². The Morgan fingerprint density at radius 1 is 1.29 bits per heavy atom. The van der Waals surface area contributed by atoms with Crippen LogP contribution in [-0.2, 0) is 16.1 Å². The molecule has 0 aromatic heterocycles. The number of carbonyl (C=O) groups excluding carboxylic acids is 1. The molecule has 1 aliphatic rings. The maximum Gasteiger partial charge on any atom is 0.306 e. The Hall–Kier alpha value is -1.77. The molecule has 1 unspecified atom stereocenters. The number of carbonyl (C=O) groups is 1. The third-order valence-corrected chi connectivity index (χ3v) is 3.99. The summed E-state index contributed by atoms with van der Waals surface area (Å²) in [4.78, 5) is 14.0. The zero-order valence-corrected chi connectivity index (χ0v) is 13.0. The lowest BCUT2D eigenvalue weighted by Crippen LogP contribution is -2.28. The van der Waals surface area contributed by atoms with Crippen LogP contribution in [0, 0.1) is 5.92 Å². The maximum atomic E-state index is 11.7. The van der Waals surface area contributed by atoms with Crippen molar-refractivity contribution in [2.24, 2.45) is 5.92 Å². The summed E-state index contributed by atoms with van der Waals surface area (Å²) in [5.41, 5.74) is 2.69. The highest BCUT2D eigenvalue weighted by Gasteiger charge is 2.23. The van der Waals surface area contributed by atoms with Gasteiger partial charge in [0.15, 0.2) is 0 Å². The van der Waals surface area contributed by atoms with Crippen LogP contribution in [0.4, 0.5) is 0 Å². The number of hydrogen-bond acceptors (Lipinski definition) is 3. The van der Waals surface area contributed by atoms with Crippen LogP contribution in [0.1, 0.15) is 38.7 Å². The molecule has 0 saturated heterocycles. The van der Waals surface area contributed by atoms with E-state index in [1.165, 1.54) is 11.1 Å². The zero-order chi connectivity index (χ0) is 15.1. The summed E-state index contributed by atoms with van der Waals surface area (Å²) in [7, 11) is 0. The van der Waals surface area contributed by atoms with Gasteiger partial charge in [0.2, 0.25) is 0 Å². The van der Waals surface area contributed by atoms with Gasteiger partial charge in [-0.15, -0.1) is 0 Å². The van der Waals surface area contributed by atoms with E-state index in [1.807, 2.05) is 13.0 Å². The van der Waals surface area contributed by atoms with Crippen molar-refractivity contribution < 1.29 is 9.53 Å². The highest BCUT2D eigenvalue weighted by molar-refractivity contribution is 5.70. The minimum atomic E-state index is -0.0710. The van der Waals surface area contributed by atoms with Crippen LogP contribution < -0.4 is 0 Å². The molecule has 1 atom stereocenters. The molecule has 1 aromatic carbocycles. The quantitative estimate of drug-likeness (QED) is 0.746. The highest BCUT2D eigenvalue weighted by Crippen LogP contribution is 2.28. The number of ether oxygens (including phenoxy) is 1. The minimum absolute atomic E-state index is 0.0710. The van der Waals surface area contributed by atoms with E-state index in [-0.39, 0.29) is 5.97 Å². The average Bonchev–Trinajstić information content (AvgIpc) is 2.50. The van der Waals surface area contributed by atoms with Crippen molar-refractivity contribution in [2.75, 3.05) is 13.2 Å². The van der Waals surface area contributed by atoms with E-state index >= 15 is 0 Å². The Balaban J connectivity index is 1.98. The Labute approximate surface area is 127 Å². The molecular weight excluding hydrogens is 262 g/mol. The normalized spacial score (nSPS) is 18.3. The second kappa shape index (κ2) is 7.87. The minimum Gasteiger partial charge on any atom is -0.466 e. The lowest BCUT2D eigenvalue weighted by molar-refractivity contribution is -0.144. The second-order valence-electron chi connectivity index (χ2n) is 5.51. The first kappa shape index (κ1) is 15.6. The lowest BCUT2D eigenvalue weighted by atomic mass is 9.88. The number of benzene rings is 1. The van der Waals surface area contributed by atoms with E-state index in [0.29, 0.717) is 18.9 Å². The number of allylic oxidation sites excluding steroid dienone is 1. The molecule has 0 saturated carbocycles. The third kappa shape index (κ3) is 4.62. The van der Waals surface area contributed by atoms with Crippen LogP contribution in [0.15, 0.2) is 42.1 Å². The van der Waals surface area contributed by atoms with Gasteiger partial charge in [-0.05, 0) is 37.4 Å². The predicted molar refractivity (Wildman–Crippen MR) is 84.6 cm³/mol. The van der Waals surface area contributed by atoms with Gasteiger partial charge in [0.25, 0.3) is 0 Å². The van der Waals surface area contributed by atoms with Gasteiger partial charge in [-0.1, -0.05) is 42.8 Å².